The standard InChI is InChI=1S/C20H33N7O2.C10H11NO.CH4O/c1-3-14-12-26(10-11-27(14)15-6-8-25(2)9-7-15)18-20(29)23-16(17(21)24-18)19(28)22-13-4-5-13;1-3-12-10-6-9(7-11)5-4-8(10)2;1-2/h13-15H,3-12H2,1-2H3,(H2,21,24)(H,22,28)(H,23,29);4-6H,3H2,1-2H3;2H,1H3. The molecule has 12 nitrogen and oxygen atoms in total. The molecule has 43 heavy (non-hydrogen) atoms. The number of aliphatic hydroxyl groups is 1. The maximum Gasteiger partial charge on any atom is 0.291 e. The number of aliphatic hydroxyl groups excluding tert-OH is 1. The molecule has 1 amide bonds. The van der Waals surface area contributed by atoms with Crippen molar-refractivity contribution in [2.45, 2.75) is 71.0 Å². The highest BCUT2D eigenvalue weighted by molar-refractivity contribution is 5.96. The van der Waals surface area contributed by atoms with E-state index in [-0.39, 0.29) is 29.0 Å². The van der Waals surface area contributed by atoms with Crippen molar-refractivity contribution < 1.29 is 14.6 Å². The molecule has 5 rings (SSSR count). The number of ether oxygens (including phenoxy) is 1. The molecule has 236 valence electrons. The van der Waals surface area contributed by atoms with Gasteiger partial charge in [0.25, 0.3) is 11.5 Å². The number of piperidine rings is 1. The summed E-state index contributed by atoms with van der Waals surface area (Å²) in [5.74, 6) is 0.867. The monoisotopic (exact) mass is 596 g/mol. The van der Waals surface area contributed by atoms with E-state index in [0.29, 0.717) is 30.1 Å². The van der Waals surface area contributed by atoms with E-state index >= 15 is 0 Å². The molecule has 0 radical (unpaired) electrons. The molecule has 3 heterocycles. The summed E-state index contributed by atoms with van der Waals surface area (Å²) >= 11 is 0. The van der Waals surface area contributed by atoms with Crippen molar-refractivity contribution in [1.29, 1.82) is 5.26 Å². The van der Waals surface area contributed by atoms with Crippen LogP contribution in [0.4, 0.5) is 11.6 Å². The van der Waals surface area contributed by atoms with Gasteiger partial charge in [-0.15, -0.1) is 0 Å². The van der Waals surface area contributed by atoms with Crippen LogP contribution in [0.15, 0.2) is 23.0 Å². The highest BCUT2D eigenvalue weighted by Crippen LogP contribution is 2.25. The van der Waals surface area contributed by atoms with Gasteiger partial charge in [-0.1, -0.05) is 13.0 Å². The zero-order valence-electron chi connectivity index (χ0n) is 26.2. The molecule has 0 bridgehead atoms. The average Bonchev–Trinajstić information content (AvgIpc) is 3.85. The minimum absolute atomic E-state index is 0.0719. The van der Waals surface area contributed by atoms with Crippen LogP contribution in [0.1, 0.15) is 67.6 Å². The van der Waals surface area contributed by atoms with Gasteiger partial charge in [-0.3, -0.25) is 14.5 Å². The molecule has 2 aromatic rings. The maximum atomic E-state index is 12.7. The van der Waals surface area contributed by atoms with Gasteiger partial charge in [-0.2, -0.15) is 5.26 Å². The molecule has 1 aliphatic carbocycles. The number of anilines is 2. The van der Waals surface area contributed by atoms with Crippen molar-refractivity contribution in [3.8, 4) is 11.8 Å². The number of nitriles is 1. The smallest absolute Gasteiger partial charge is 0.291 e. The summed E-state index contributed by atoms with van der Waals surface area (Å²) in [5, 5.41) is 18.5. The summed E-state index contributed by atoms with van der Waals surface area (Å²) < 4.78 is 5.33. The number of piperazine rings is 1. The number of nitrogens with two attached hydrogens (primary N) is 1. The predicted molar refractivity (Wildman–Crippen MR) is 168 cm³/mol. The van der Waals surface area contributed by atoms with Gasteiger partial charge in [0.2, 0.25) is 0 Å². The van der Waals surface area contributed by atoms with Gasteiger partial charge in [-0.25, -0.2) is 4.98 Å². The number of amides is 1. The molecule has 1 saturated carbocycles. The lowest BCUT2D eigenvalue weighted by Gasteiger charge is -2.47. The van der Waals surface area contributed by atoms with E-state index in [2.05, 4.69) is 45.1 Å². The molecule has 1 aromatic heterocycles. The Kier molecular flexibility index (Phi) is 12.8. The second-order valence-electron chi connectivity index (χ2n) is 11.2. The lowest BCUT2D eigenvalue weighted by atomic mass is 9.98. The van der Waals surface area contributed by atoms with Crippen LogP contribution in [0, 0.1) is 18.3 Å². The molecule has 1 unspecified atom stereocenters. The first-order valence-electron chi connectivity index (χ1n) is 15.2. The van der Waals surface area contributed by atoms with Gasteiger partial charge in [0.05, 0.1) is 18.2 Å². The number of H-pyrrole nitrogens is 1. The number of hydrogen-bond donors (Lipinski definition) is 4. The minimum Gasteiger partial charge on any atom is -0.494 e. The number of aryl methyl sites for hydroxylation is 1. The molecule has 2 saturated heterocycles. The van der Waals surface area contributed by atoms with Crippen molar-refractivity contribution >= 4 is 17.5 Å². The molecule has 2 aliphatic heterocycles. The predicted octanol–water partition coefficient (Wildman–Crippen LogP) is 2.11. The summed E-state index contributed by atoms with van der Waals surface area (Å²) in [7, 11) is 3.18. The largest absolute Gasteiger partial charge is 0.494 e. The van der Waals surface area contributed by atoms with Crippen LogP contribution in [0.5, 0.6) is 5.75 Å². The Hall–Kier alpha value is -3.66. The fourth-order valence-corrected chi connectivity index (χ4v) is 5.54. The molecule has 1 atom stereocenters. The van der Waals surface area contributed by atoms with Gasteiger partial charge < -0.3 is 35.7 Å². The van der Waals surface area contributed by atoms with Gasteiger partial charge in [0, 0.05) is 44.9 Å². The Morgan fingerprint density at radius 3 is 2.49 bits per heavy atom. The Morgan fingerprint density at radius 2 is 1.88 bits per heavy atom. The molecule has 3 aliphatic rings. The summed E-state index contributed by atoms with van der Waals surface area (Å²) in [6.45, 7) is 11.4. The first-order chi connectivity index (χ1) is 20.7. The van der Waals surface area contributed by atoms with E-state index in [9.17, 15) is 9.59 Å². The highest BCUT2D eigenvalue weighted by atomic mass is 16.5. The number of carbonyl (C=O) groups excluding carboxylic acids is 1. The number of benzene rings is 1. The number of hydrogen-bond acceptors (Lipinski definition) is 10. The molecular formula is C31H48N8O4. The number of nitrogens with one attached hydrogen (secondary N) is 2. The number of nitrogens with zero attached hydrogens (tertiary/aromatic N) is 5. The second-order valence-corrected chi connectivity index (χ2v) is 11.2. The first-order valence-corrected chi connectivity index (χ1v) is 15.2. The maximum absolute atomic E-state index is 12.7. The number of aromatic nitrogens is 2. The van der Waals surface area contributed by atoms with Crippen LogP contribution in [-0.2, 0) is 0 Å². The number of likely N-dealkylation sites (tertiary alicyclic amines) is 1. The fourth-order valence-electron chi connectivity index (χ4n) is 5.54. The zero-order chi connectivity index (χ0) is 31.5. The normalized spacial score (nSPS) is 19.3. The number of rotatable bonds is 7. The van der Waals surface area contributed by atoms with Gasteiger partial charge in [-0.05, 0) is 83.8 Å². The van der Waals surface area contributed by atoms with E-state index < -0.39 is 0 Å². The van der Waals surface area contributed by atoms with Crippen molar-refractivity contribution in [3.63, 3.8) is 0 Å². The van der Waals surface area contributed by atoms with Crippen LogP contribution in [-0.4, -0.2) is 102 Å². The van der Waals surface area contributed by atoms with Crippen LogP contribution < -0.4 is 26.2 Å². The fraction of sp³-hybridized carbons (Fsp3) is 0.613. The van der Waals surface area contributed by atoms with Crippen LogP contribution in [0.25, 0.3) is 0 Å². The molecule has 0 spiro atoms. The molecule has 5 N–H and O–H groups in total. The van der Waals surface area contributed by atoms with Crippen molar-refractivity contribution in [1.82, 2.24) is 25.1 Å². The lowest BCUT2D eigenvalue weighted by Crippen LogP contribution is -2.59. The second kappa shape index (κ2) is 16.3. The van der Waals surface area contributed by atoms with Gasteiger partial charge in [0.15, 0.2) is 11.6 Å². The summed E-state index contributed by atoms with van der Waals surface area (Å²) in [4.78, 5) is 39.0. The van der Waals surface area contributed by atoms with Gasteiger partial charge >= 0.3 is 0 Å². The van der Waals surface area contributed by atoms with E-state index in [0.717, 1.165) is 70.4 Å². The molecular weight excluding hydrogens is 548 g/mol. The van der Waals surface area contributed by atoms with E-state index in [1.807, 2.05) is 24.8 Å². The molecule has 3 fully saturated rings. The lowest BCUT2D eigenvalue weighted by molar-refractivity contribution is 0.0700. The van der Waals surface area contributed by atoms with Crippen molar-refractivity contribution in [3.05, 3.63) is 45.4 Å². The highest BCUT2D eigenvalue weighted by Gasteiger charge is 2.34. The van der Waals surface area contributed by atoms with Crippen LogP contribution in [0.2, 0.25) is 0 Å². The van der Waals surface area contributed by atoms with E-state index in [4.69, 9.17) is 20.8 Å². The summed E-state index contributed by atoms with van der Waals surface area (Å²) in [6.07, 6.45) is 5.37. The molecule has 1 aromatic carbocycles. The Balaban J connectivity index is 0.000000303. The van der Waals surface area contributed by atoms with E-state index in [1.165, 1.54) is 12.8 Å². The number of carbonyl (C=O) groups is 1. The third kappa shape index (κ3) is 9.16. The quantitative estimate of drug-likeness (QED) is 0.372. The zero-order valence-corrected chi connectivity index (χ0v) is 26.2. The van der Waals surface area contributed by atoms with E-state index in [1.54, 1.807) is 12.1 Å². The Bertz CT molecular complexity index is 1300. The topological polar surface area (TPSA) is 164 Å². The Morgan fingerprint density at radius 1 is 1.19 bits per heavy atom. The van der Waals surface area contributed by atoms with Gasteiger partial charge in [0.1, 0.15) is 11.4 Å². The molecule has 12 heteroatoms. The van der Waals surface area contributed by atoms with Crippen LogP contribution in [0.3, 0.4) is 0 Å². The summed E-state index contributed by atoms with van der Waals surface area (Å²) in [6, 6.07) is 8.72. The Labute approximate surface area is 254 Å². The third-order valence-corrected chi connectivity index (χ3v) is 8.14. The van der Waals surface area contributed by atoms with Crippen molar-refractivity contribution in [2.24, 2.45) is 0 Å². The van der Waals surface area contributed by atoms with Crippen molar-refractivity contribution in [2.75, 3.05) is 64.1 Å². The third-order valence-electron chi connectivity index (χ3n) is 8.14. The SMILES string of the molecule is CCC1CN(c2nc(N)c(C(=O)NC3CC3)[nH]c2=O)CCN1C1CCN(C)CC1.CCOc1cc(C#N)ccc1C.CO. The minimum atomic E-state index is -0.348. The first kappa shape index (κ1) is 33.8. The number of nitrogen functional groups attached to an aromatic ring is 1. The summed E-state index contributed by atoms with van der Waals surface area (Å²) in [5.41, 5.74) is 7.47. The van der Waals surface area contributed by atoms with Crippen LogP contribution >= 0.6 is 0 Å². The number of aromatic amines is 1. The average molecular weight is 597 g/mol.